The fourth-order valence-electron chi connectivity index (χ4n) is 4.33. The second-order valence-corrected chi connectivity index (χ2v) is 9.23. The molecule has 0 fully saturated rings. The van der Waals surface area contributed by atoms with E-state index in [0.717, 1.165) is 11.3 Å². The fourth-order valence-corrected chi connectivity index (χ4v) is 5.45. The van der Waals surface area contributed by atoms with Crippen molar-refractivity contribution >= 4 is 53.7 Å². The molecule has 0 spiro atoms. The smallest absolute Gasteiger partial charge is 0.200 e. The Kier molecular flexibility index (Phi) is 4.79. The van der Waals surface area contributed by atoms with Gasteiger partial charge in [0.25, 0.3) is 0 Å². The van der Waals surface area contributed by atoms with E-state index in [2.05, 4.69) is 0 Å². The van der Waals surface area contributed by atoms with Gasteiger partial charge in [-0.2, -0.15) is 0 Å². The molecule has 0 saturated heterocycles. The number of fused-ring (bicyclic) bond motifs is 4. The molecular weight excluding hydrogens is 515 g/mol. The fraction of sp³-hybridized carbons (Fsp3) is 0. The lowest BCUT2D eigenvalue weighted by molar-refractivity contribution is 0.381. The number of hydrogen-bond donors (Lipinski definition) is 0. The van der Waals surface area contributed by atoms with Gasteiger partial charge in [0.15, 0.2) is 46.5 Å². The molecule has 180 valence electrons. The van der Waals surface area contributed by atoms with Crippen molar-refractivity contribution in [3.63, 3.8) is 0 Å². The number of thiophene rings is 1. The third-order valence-corrected chi connectivity index (χ3v) is 7.19. The first-order chi connectivity index (χ1) is 17.1. The largest absolute Gasteiger partial charge is 0.203 e. The van der Waals surface area contributed by atoms with Crippen molar-refractivity contribution in [3.05, 3.63) is 94.8 Å². The standard InChI is InChI=1S/C26H7F9S/c27-18-13-4-9-1-8-3-12-7-16(17-20(29)24(33)26(35)25(34)21(17)30)36-15(12)6-11(8)2-10(9)5-14(13)19(28)23(32)22(18)31/h1-7H. The Labute approximate surface area is 198 Å². The predicted octanol–water partition coefficient (Wildman–Crippen LogP) is 9.28. The third-order valence-electron chi connectivity index (χ3n) is 6.07. The minimum Gasteiger partial charge on any atom is -0.203 e. The van der Waals surface area contributed by atoms with Crippen molar-refractivity contribution in [1.29, 1.82) is 0 Å². The number of benzene rings is 5. The van der Waals surface area contributed by atoms with Crippen LogP contribution in [-0.2, 0) is 0 Å². The summed E-state index contributed by atoms with van der Waals surface area (Å²) < 4.78 is 126. The normalized spacial score (nSPS) is 12.0. The van der Waals surface area contributed by atoms with E-state index in [1.807, 2.05) is 0 Å². The summed E-state index contributed by atoms with van der Waals surface area (Å²) in [6.07, 6.45) is 0. The first-order valence-electron chi connectivity index (χ1n) is 10.2. The maximum atomic E-state index is 14.3. The zero-order valence-electron chi connectivity index (χ0n) is 17.4. The van der Waals surface area contributed by atoms with Gasteiger partial charge in [-0.1, -0.05) is 0 Å². The van der Waals surface area contributed by atoms with Crippen LogP contribution < -0.4 is 0 Å². The van der Waals surface area contributed by atoms with Gasteiger partial charge < -0.3 is 0 Å². The van der Waals surface area contributed by atoms with E-state index in [0.29, 0.717) is 31.6 Å². The Morgan fingerprint density at radius 2 is 0.750 bits per heavy atom. The number of halogens is 9. The average molecular weight is 522 g/mol. The topological polar surface area (TPSA) is 0 Å². The van der Waals surface area contributed by atoms with Gasteiger partial charge in [-0.3, -0.25) is 0 Å². The molecule has 0 unspecified atom stereocenters. The molecule has 0 bridgehead atoms. The second-order valence-electron chi connectivity index (χ2n) is 8.15. The molecule has 0 radical (unpaired) electrons. The molecule has 36 heavy (non-hydrogen) atoms. The zero-order valence-corrected chi connectivity index (χ0v) is 18.2. The first-order valence-corrected chi connectivity index (χ1v) is 11.0. The Bertz CT molecular complexity index is 1810. The molecule has 0 aliphatic rings. The molecule has 0 aliphatic heterocycles. The van der Waals surface area contributed by atoms with Crippen molar-refractivity contribution in [2.75, 3.05) is 0 Å². The van der Waals surface area contributed by atoms with Gasteiger partial charge >= 0.3 is 0 Å². The maximum Gasteiger partial charge on any atom is 0.200 e. The van der Waals surface area contributed by atoms with Gasteiger partial charge in [0.1, 0.15) is 0 Å². The average Bonchev–Trinajstić information content (AvgIpc) is 3.27. The summed E-state index contributed by atoms with van der Waals surface area (Å²) in [5, 5.41) is 1.34. The summed E-state index contributed by atoms with van der Waals surface area (Å²) in [5.74, 6) is -17.2. The lowest BCUT2D eigenvalue weighted by atomic mass is 9.98. The van der Waals surface area contributed by atoms with Gasteiger partial charge in [0.2, 0.25) is 5.82 Å². The molecule has 0 aliphatic carbocycles. The van der Waals surface area contributed by atoms with Crippen LogP contribution in [0, 0.1) is 52.4 Å². The minimum atomic E-state index is -2.26. The summed E-state index contributed by atoms with van der Waals surface area (Å²) in [6, 6.07) is 9.93. The molecule has 0 nitrogen and oxygen atoms in total. The van der Waals surface area contributed by atoms with E-state index in [1.165, 1.54) is 18.2 Å². The highest BCUT2D eigenvalue weighted by Gasteiger charge is 2.27. The Balaban J connectivity index is 1.61. The van der Waals surface area contributed by atoms with E-state index >= 15 is 0 Å². The molecule has 0 N–H and O–H groups in total. The SMILES string of the molecule is Fc1c(F)c(F)c(-c2cc3cc4cc5cc6c(F)c(F)c(F)c(F)c6cc5cc4cc3s2)c(F)c1F. The van der Waals surface area contributed by atoms with E-state index in [1.54, 1.807) is 24.3 Å². The molecule has 1 heterocycles. The second kappa shape index (κ2) is 7.60. The lowest BCUT2D eigenvalue weighted by Gasteiger charge is -2.08. The first kappa shape index (κ1) is 22.7. The van der Waals surface area contributed by atoms with E-state index in [4.69, 9.17) is 0 Å². The van der Waals surface area contributed by atoms with Crippen LogP contribution >= 0.6 is 11.3 Å². The zero-order chi connectivity index (χ0) is 25.6. The summed E-state index contributed by atoms with van der Waals surface area (Å²) in [6.45, 7) is 0. The molecular formula is C26H7F9S. The maximum absolute atomic E-state index is 14.3. The van der Waals surface area contributed by atoms with E-state index < -0.39 is 68.7 Å². The van der Waals surface area contributed by atoms with Crippen molar-refractivity contribution in [1.82, 2.24) is 0 Å². The van der Waals surface area contributed by atoms with Crippen LogP contribution in [0.5, 0.6) is 0 Å². The van der Waals surface area contributed by atoms with Gasteiger partial charge in [0, 0.05) is 20.3 Å². The highest BCUT2D eigenvalue weighted by atomic mass is 32.1. The summed E-state index contributed by atoms with van der Waals surface area (Å²) in [4.78, 5) is -0.196. The summed E-state index contributed by atoms with van der Waals surface area (Å²) in [7, 11) is 0. The van der Waals surface area contributed by atoms with Gasteiger partial charge in [-0.05, 0) is 69.4 Å². The summed E-state index contributed by atoms with van der Waals surface area (Å²) >= 11 is 0.796. The van der Waals surface area contributed by atoms with Crippen LogP contribution in [0.4, 0.5) is 39.5 Å². The quantitative estimate of drug-likeness (QED) is 0.0874. The summed E-state index contributed by atoms with van der Waals surface area (Å²) in [5.41, 5.74) is -1.05. The van der Waals surface area contributed by atoms with Crippen LogP contribution in [0.1, 0.15) is 0 Å². The van der Waals surface area contributed by atoms with Gasteiger partial charge in [-0.25, -0.2) is 39.5 Å². The lowest BCUT2D eigenvalue weighted by Crippen LogP contribution is -2.03. The van der Waals surface area contributed by atoms with Crippen LogP contribution in [0.2, 0.25) is 0 Å². The molecule has 6 aromatic rings. The van der Waals surface area contributed by atoms with Crippen molar-refractivity contribution in [2.45, 2.75) is 0 Å². The minimum absolute atomic E-state index is 0.196. The molecule has 1 aromatic heterocycles. The Morgan fingerprint density at radius 1 is 0.361 bits per heavy atom. The highest BCUT2D eigenvalue weighted by molar-refractivity contribution is 7.22. The number of hydrogen-bond acceptors (Lipinski definition) is 1. The van der Waals surface area contributed by atoms with Crippen LogP contribution in [0.15, 0.2) is 42.5 Å². The van der Waals surface area contributed by atoms with Crippen molar-refractivity contribution < 1.29 is 39.5 Å². The third kappa shape index (κ3) is 3.03. The molecule has 0 saturated carbocycles. The molecule has 10 heteroatoms. The van der Waals surface area contributed by atoms with E-state index in [9.17, 15) is 39.5 Å². The molecule has 0 atom stereocenters. The molecule has 5 aromatic carbocycles. The monoisotopic (exact) mass is 522 g/mol. The van der Waals surface area contributed by atoms with Gasteiger partial charge in [0.05, 0.1) is 5.56 Å². The predicted molar refractivity (Wildman–Crippen MR) is 119 cm³/mol. The van der Waals surface area contributed by atoms with Crippen molar-refractivity contribution in [3.8, 4) is 10.4 Å². The van der Waals surface area contributed by atoms with Gasteiger partial charge in [-0.15, -0.1) is 11.3 Å². The van der Waals surface area contributed by atoms with Crippen LogP contribution in [0.3, 0.4) is 0 Å². The number of rotatable bonds is 1. The van der Waals surface area contributed by atoms with E-state index in [-0.39, 0.29) is 4.88 Å². The Hall–Kier alpha value is -3.79. The van der Waals surface area contributed by atoms with Crippen molar-refractivity contribution in [2.24, 2.45) is 0 Å². The molecule has 0 amide bonds. The highest BCUT2D eigenvalue weighted by Crippen LogP contribution is 2.41. The molecule has 6 rings (SSSR count). The van der Waals surface area contributed by atoms with Crippen LogP contribution in [-0.4, -0.2) is 0 Å². The Morgan fingerprint density at radius 3 is 1.28 bits per heavy atom. The van der Waals surface area contributed by atoms with Crippen LogP contribution in [0.25, 0.3) is 52.8 Å².